The number of rotatable bonds is 8. The number of benzene rings is 2. The number of para-hydroxylation sites is 2. The summed E-state index contributed by atoms with van der Waals surface area (Å²) in [6, 6.07) is 12.4. The van der Waals surface area contributed by atoms with Gasteiger partial charge in [-0.2, -0.15) is 0 Å². The third kappa shape index (κ3) is 4.86. The van der Waals surface area contributed by atoms with Crippen LogP contribution in [0.1, 0.15) is 25.5 Å². The number of halogens is 1. The molecule has 0 saturated heterocycles. The van der Waals surface area contributed by atoms with Gasteiger partial charge in [0.15, 0.2) is 0 Å². The monoisotopic (exact) mass is 388 g/mol. The Kier molecular flexibility index (Phi) is 6.96. The first kappa shape index (κ1) is 20.5. The van der Waals surface area contributed by atoms with Crippen LogP contribution >= 0.6 is 11.6 Å². The van der Waals surface area contributed by atoms with Crippen molar-refractivity contribution in [1.29, 1.82) is 0 Å². The fourth-order valence-corrected chi connectivity index (χ4v) is 2.84. The molecule has 0 spiro atoms. The van der Waals surface area contributed by atoms with Crippen LogP contribution in [-0.4, -0.2) is 31.3 Å². The van der Waals surface area contributed by atoms with Crippen LogP contribution in [0.15, 0.2) is 48.5 Å². The molecule has 1 N–H and O–H groups in total. The van der Waals surface area contributed by atoms with Crippen molar-refractivity contribution in [1.82, 2.24) is 5.32 Å². The zero-order valence-electron chi connectivity index (χ0n) is 15.3. The Balaban J connectivity index is 2.14. The highest BCUT2D eigenvalue weighted by Crippen LogP contribution is 2.28. The molecule has 6 nitrogen and oxygen atoms in total. The minimum atomic E-state index is -0.995. The average molecular weight is 389 g/mol. The van der Waals surface area contributed by atoms with Gasteiger partial charge in [-0.3, -0.25) is 14.4 Å². The maximum atomic E-state index is 12.6. The third-order valence-corrected chi connectivity index (χ3v) is 4.43. The highest BCUT2D eigenvalue weighted by atomic mass is 35.5. The fourth-order valence-electron chi connectivity index (χ4n) is 2.64. The number of nitrogens with zero attached hydrogens (tertiary/aromatic N) is 1. The molecule has 0 fully saturated rings. The van der Waals surface area contributed by atoms with Crippen LogP contribution in [0.5, 0.6) is 5.75 Å². The SMILES string of the molecule is COc1ccccc1N(C=O)C(C)C(=O)C(=O)NC(C)c1cccc(Cl)c1. The molecule has 0 heterocycles. The van der Waals surface area contributed by atoms with E-state index in [-0.39, 0.29) is 0 Å². The number of Topliss-reactive ketones (excluding diaryl/α,β-unsaturated/α-hetero) is 1. The van der Waals surface area contributed by atoms with E-state index in [1.54, 1.807) is 55.5 Å². The van der Waals surface area contributed by atoms with Crippen LogP contribution in [0, 0.1) is 0 Å². The van der Waals surface area contributed by atoms with Gasteiger partial charge in [0.2, 0.25) is 12.2 Å². The lowest BCUT2D eigenvalue weighted by Gasteiger charge is -2.25. The largest absolute Gasteiger partial charge is 0.495 e. The van der Waals surface area contributed by atoms with Crippen LogP contribution < -0.4 is 15.0 Å². The summed E-state index contributed by atoms with van der Waals surface area (Å²) >= 11 is 5.96. The quantitative estimate of drug-likeness (QED) is 0.556. The minimum Gasteiger partial charge on any atom is -0.495 e. The van der Waals surface area contributed by atoms with Gasteiger partial charge in [-0.25, -0.2) is 0 Å². The lowest BCUT2D eigenvalue weighted by Crippen LogP contribution is -2.46. The van der Waals surface area contributed by atoms with Gasteiger partial charge in [-0.05, 0) is 43.7 Å². The Bertz CT molecular complexity index is 840. The van der Waals surface area contributed by atoms with Crippen molar-refractivity contribution in [3.8, 4) is 5.75 Å². The van der Waals surface area contributed by atoms with E-state index in [0.29, 0.717) is 22.9 Å². The second-order valence-electron chi connectivity index (χ2n) is 5.97. The number of methoxy groups -OCH3 is 1. The van der Waals surface area contributed by atoms with Gasteiger partial charge in [-0.15, -0.1) is 0 Å². The van der Waals surface area contributed by atoms with E-state index in [0.717, 1.165) is 5.56 Å². The second kappa shape index (κ2) is 9.19. The van der Waals surface area contributed by atoms with E-state index >= 15 is 0 Å². The van der Waals surface area contributed by atoms with Crippen molar-refractivity contribution in [2.45, 2.75) is 25.9 Å². The van der Waals surface area contributed by atoms with Gasteiger partial charge in [0.05, 0.1) is 18.8 Å². The summed E-state index contributed by atoms with van der Waals surface area (Å²) in [6.45, 7) is 3.24. The number of hydrogen-bond acceptors (Lipinski definition) is 4. The Labute approximate surface area is 163 Å². The number of hydrogen-bond donors (Lipinski definition) is 1. The summed E-state index contributed by atoms with van der Waals surface area (Å²) in [4.78, 5) is 37.7. The molecule has 2 atom stereocenters. The summed E-state index contributed by atoms with van der Waals surface area (Å²) in [5.41, 5.74) is 1.18. The zero-order chi connectivity index (χ0) is 20.0. The highest BCUT2D eigenvalue weighted by molar-refractivity contribution is 6.39. The van der Waals surface area contributed by atoms with Crippen LogP contribution in [0.25, 0.3) is 0 Å². The van der Waals surface area contributed by atoms with Crippen molar-refractivity contribution >= 4 is 35.4 Å². The summed E-state index contributed by atoms with van der Waals surface area (Å²) in [6.07, 6.45) is 0.508. The van der Waals surface area contributed by atoms with Crippen LogP contribution in [0.2, 0.25) is 5.02 Å². The van der Waals surface area contributed by atoms with Crippen molar-refractivity contribution in [2.24, 2.45) is 0 Å². The van der Waals surface area contributed by atoms with Crippen molar-refractivity contribution in [3.63, 3.8) is 0 Å². The molecule has 2 aromatic carbocycles. The summed E-state index contributed by atoms with van der Waals surface area (Å²) in [7, 11) is 1.47. The topological polar surface area (TPSA) is 75.7 Å². The number of carbonyl (C=O) groups excluding carboxylic acids is 3. The van der Waals surface area contributed by atoms with Crippen LogP contribution in [0.4, 0.5) is 5.69 Å². The number of anilines is 1. The second-order valence-corrected chi connectivity index (χ2v) is 6.41. The van der Waals surface area contributed by atoms with Gasteiger partial charge in [0.1, 0.15) is 11.8 Å². The van der Waals surface area contributed by atoms with Gasteiger partial charge in [0.25, 0.3) is 5.91 Å². The molecular formula is C20H21ClN2O4. The van der Waals surface area contributed by atoms with E-state index in [9.17, 15) is 14.4 Å². The molecule has 27 heavy (non-hydrogen) atoms. The summed E-state index contributed by atoms with van der Waals surface area (Å²) in [5.74, 6) is -1.09. The van der Waals surface area contributed by atoms with Gasteiger partial charge < -0.3 is 15.0 Å². The normalized spacial score (nSPS) is 12.6. The molecule has 0 aromatic heterocycles. The van der Waals surface area contributed by atoms with Gasteiger partial charge in [-0.1, -0.05) is 35.9 Å². The Hall–Kier alpha value is -2.86. The number of nitrogens with one attached hydrogen (secondary N) is 1. The van der Waals surface area contributed by atoms with Crippen molar-refractivity contribution < 1.29 is 19.1 Å². The predicted molar refractivity (Wildman–Crippen MR) is 104 cm³/mol. The van der Waals surface area contributed by atoms with E-state index in [2.05, 4.69) is 5.32 Å². The Morgan fingerprint density at radius 2 is 1.85 bits per heavy atom. The van der Waals surface area contributed by atoms with Gasteiger partial charge >= 0.3 is 0 Å². The molecule has 2 unspecified atom stereocenters. The molecule has 0 aliphatic carbocycles. The molecule has 0 radical (unpaired) electrons. The van der Waals surface area contributed by atoms with E-state index < -0.39 is 23.8 Å². The van der Waals surface area contributed by atoms with E-state index in [1.807, 2.05) is 0 Å². The molecule has 7 heteroatoms. The zero-order valence-corrected chi connectivity index (χ0v) is 16.1. The Morgan fingerprint density at radius 3 is 2.48 bits per heavy atom. The first-order chi connectivity index (χ1) is 12.9. The molecule has 2 aromatic rings. The standard InChI is InChI=1S/C20H21ClN2O4/c1-13(15-7-6-8-16(21)11-15)22-20(26)19(25)14(2)23(12-24)17-9-4-5-10-18(17)27-3/h4-14H,1-3H3,(H,22,26). The molecule has 2 rings (SSSR count). The summed E-state index contributed by atoms with van der Waals surface area (Å²) in [5, 5.41) is 3.18. The predicted octanol–water partition coefficient (Wildman–Crippen LogP) is 3.15. The third-order valence-electron chi connectivity index (χ3n) is 4.19. The first-order valence-corrected chi connectivity index (χ1v) is 8.73. The molecule has 0 saturated carbocycles. The minimum absolute atomic E-state index is 0.409. The Morgan fingerprint density at radius 1 is 1.15 bits per heavy atom. The van der Waals surface area contributed by atoms with Crippen molar-refractivity contribution in [2.75, 3.05) is 12.0 Å². The van der Waals surface area contributed by atoms with Crippen molar-refractivity contribution in [3.05, 3.63) is 59.1 Å². The number of ether oxygens (including phenoxy) is 1. The summed E-state index contributed by atoms with van der Waals surface area (Å²) < 4.78 is 5.23. The maximum absolute atomic E-state index is 12.6. The number of carbonyl (C=O) groups is 3. The lowest BCUT2D eigenvalue weighted by molar-refractivity contribution is -0.139. The van der Waals surface area contributed by atoms with Crippen LogP contribution in [-0.2, 0) is 14.4 Å². The van der Waals surface area contributed by atoms with E-state index in [4.69, 9.17) is 16.3 Å². The molecular weight excluding hydrogens is 368 g/mol. The molecule has 0 aliphatic heterocycles. The molecule has 0 aliphatic rings. The number of ketones is 1. The maximum Gasteiger partial charge on any atom is 0.290 e. The first-order valence-electron chi connectivity index (χ1n) is 8.35. The lowest BCUT2D eigenvalue weighted by atomic mass is 10.1. The molecule has 142 valence electrons. The van der Waals surface area contributed by atoms with E-state index in [1.165, 1.54) is 18.9 Å². The smallest absolute Gasteiger partial charge is 0.290 e. The fraction of sp³-hybridized carbons (Fsp3) is 0.250. The molecule has 0 bridgehead atoms. The highest BCUT2D eigenvalue weighted by Gasteiger charge is 2.29. The average Bonchev–Trinajstić information content (AvgIpc) is 2.68. The number of amides is 2. The van der Waals surface area contributed by atoms with Crippen LogP contribution in [0.3, 0.4) is 0 Å². The molecule has 2 amide bonds. The van der Waals surface area contributed by atoms with Gasteiger partial charge in [0, 0.05) is 5.02 Å².